The van der Waals surface area contributed by atoms with Gasteiger partial charge in [0.1, 0.15) is 5.65 Å². The molecular weight excluding hydrogens is 326 g/mol. The van der Waals surface area contributed by atoms with Crippen molar-refractivity contribution >= 4 is 38.6 Å². The van der Waals surface area contributed by atoms with Gasteiger partial charge >= 0.3 is 0 Å². The minimum Gasteiger partial charge on any atom is -0.345 e. The first-order valence-electron chi connectivity index (χ1n) is 5.98. The summed E-state index contributed by atoms with van der Waals surface area (Å²) in [5, 5.41) is 1.77. The van der Waals surface area contributed by atoms with Crippen LogP contribution < -0.4 is 0 Å². The van der Waals surface area contributed by atoms with E-state index in [0.29, 0.717) is 5.02 Å². The molecule has 5 heteroatoms. The predicted octanol–water partition coefficient (Wildman–Crippen LogP) is 4.60. The Morgan fingerprint density at radius 1 is 1.21 bits per heavy atom. The van der Waals surface area contributed by atoms with Gasteiger partial charge < -0.3 is 4.98 Å². The molecule has 0 fully saturated rings. The maximum Gasteiger partial charge on any atom is 0.161 e. The number of benzene rings is 1. The van der Waals surface area contributed by atoms with Crippen LogP contribution in [0, 0.1) is 0 Å². The van der Waals surface area contributed by atoms with Crippen LogP contribution >= 0.6 is 27.5 Å². The van der Waals surface area contributed by atoms with Crippen molar-refractivity contribution in [3.8, 4) is 11.4 Å². The molecule has 3 nitrogen and oxygen atoms in total. The highest BCUT2D eigenvalue weighted by atomic mass is 79.9. The van der Waals surface area contributed by atoms with Crippen molar-refractivity contribution < 1.29 is 0 Å². The van der Waals surface area contributed by atoms with Gasteiger partial charge in [0.25, 0.3) is 0 Å². The number of halogens is 2. The number of aromatic nitrogens is 3. The fourth-order valence-corrected chi connectivity index (χ4v) is 2.71. The second-order valence-electron chi connectivity index (χ2n) is 4.21. The second kappa shape index (κ2) is 4.94. The van der Waals surface area contributed by atoms with Gasteiger partial charge in [-0.3, -0.25) is 0 Å². The van der Waals surface area contributed by atoms with E-state index in [1.807, 2.05) is 30.5 Å². The highest BCUT2D eigenvalue weighted by Crippen LogP contribution is 2.28. The van der Waals surface area contributed by atoms with Crippen LogP contribution in [0.2, 0.25) is 5.02 Å². The fraction of sp³-hybridized carbons (Fsp3) is 0.143. The first-order valence-corrected chi connectivity index (χ1v) is 7.15. The molecule has 0 radical (unpaired) electrons. The minimum atomic E-state index is 0.711. The number of nitrogens with zero attached hydrogens (tertiary/aromatic N) is 2. The Kier molecular flexibility index (Phi) is 3.29. The van der Waals surface area contributed by atoms with Gasteiger partial charge in [-0.1, -0.05) is 18.5 Å². The normalized spacial score (nSPS) is 11.1. The summed E-state index contributed by atoms with van der Waals surface area (Å²) in [7, 11) is 0. The average molecular weight is 337 g/mol. The molecule has 0 unspecified atom stereocenters. The van der Waals surface area contributed by atoms with Gasteiger partial charge in [-0.05, 0) is 46.6 Å². The number of aryl methyl sites for hydroxylation is 1. The number of rotatable bonds is 2. The Hall–Kier alpha value is -1.39. The summed E-state index contributed by atoms with van der Waals surface area (Å²) < 4.78 is 1.00. The Balaban J connectivity index is 2.22. The molecule has 19 heavy (non-hydrogen) atoms. The minimum absolute atomic E-state index is 0.711. The molecule has 0 saturated heterocycles. The van der Waals surface area contributed by atoms with Crippen molar-refractivity contribution in [2.45, 2.75) is 13.3 Å². The zero-order chi connectivity index (χ0) is 13.4. The van der Waals surface area contributed by atoms with E-state index in [9.17, 15) is 0 Å². The molecule has 1 N–H and O–H groups in total. The Morgan fingerprint density at radius 3 is 2.63 bits per heavy atom. The molecule has 2 aromatic heterocycles. The summed E-state index contributed by atoms with van der Waals surface area (Å²) in [4.78, 5) is 12.4. The third-order valence-corrected chi connectivity index (χ3v) is 3.87. The number of fused-ring (bicyclic) bond motifs is 1. The highest BCUT2D eigenvalue weighted by Gasteiger charge is 2.12. The molecule has 0 saturated carbocycles. The smallest absolute Gasteiger partial charge is 0.161 e. The molecule has 0 aliphatic rings. The molecule has 0 bridgehead atoms. The fourth-order valence-electron chi connectivity index (χ4n) is 2.05. The molecule has 0 spiro atoms. The van der Waals surface area contributed by atoms with Crippen LogP contribution in [-0.4, -0.2) is 15.0 Å². The monoisotopic (exact) mass is 335 g/mol. The molecule has 3 aromatic rings. The molecule has 0 aliphatic heterocycles. The molecule has 3 rings (SSSR count). The predicted molar refractivity (Wildman–Crippen MR) is 81.4 cm³/mol. The maximum absolute atomic E-state index is 5.90. The van der Waals surface area contributed by atoms with Gasteiger partial charge in [-0.2, -0.15) is 0 Å². The summed E-state index contributed by atoms with van der Waals surface area (Å²) in [6.45, 7) is 2.09. The van der Waals surface area contributed by atoms with E-state index in [2.05, 4.69) is 37.8 Å². The van der Waals surface area contributed by atoms with Crippen molar-refractivity contribution in [3.63, 3.8) is 0 Å². The van der Waals surface area contributed by atoms with E-state index in [1.165, 1.54) is 0 Å². The molecular formula is C14H11BrClN3. The zero-order valence-corrected chi connectivity index (χ0v) is 12.6. The summed E-state index contributed by atoms with van der Waals surface area (Å²) >= 11 is 9.42. The maximum atomic E-state index is 5.90. The molecule has 0 atom stereocenters. The van der Waals surface area contributed by atoms with Gasteiger partial charge in [0.15, 0.2) is 5.82 Å². The molecule has 1 aromatic carbocycles. The third-order valence-electron chi connectivity index (χ3n) is 3.00. The van der Waals surface area contributed by atoms with E-state index in [1.54, 1.807) is 0 Å². The van der Waals surface area contributed by atoms with E-state index in [0.717, 1.165) is 39.0 Å². The van der Waals surface area contributed by atoms with Crippen LogP contribution in [0.4, 0.5) is 0 Å². The van der Waals surface area contributed by atoms with Gasteiger partial charge in [-0.15, -0.1) is 0 Å². The van der Waals surface area contributed by atoms with Crippen LogP contribution in [0.25, 0.3) is 22.4 Å². The lowest BCUT2D eigenvalue weighted by atomic mass is 10.2. The first kappa shape index (κ1) is 12.6. The average Bonchev–Trinajstić information content (AvgIpc) is 2.80. The van der Waals surface area contributed by atoms with Gasteiger partial charge in [0.2, 0.25) is 0 Å². The largest absolute Gasteiger partial charge is 0.345 e. The van der Waals surface area contributed by atoms with E-state index in [-0.39, 0.29) is 0 Å². The second-order valence-corrected chi connectivity index (χ2v) is 5.51. The summed E-state index contributed by atoms with van der Waals surface area (Å²) in [5.74, 6) is 0.718. The topological polar surface area (TPSA) is 41.6 Å². The van der Waals surface area contributed by atoms with Crippen molar-refractivity contribution in [2.24, 2.45) is 0 Å². The van der Waals surface area contributed by atoms with Crippen molar-refractivity contribution in [1.29, 1.82) is 0 Å². The standard InChI is InChI=1S/C14H11BrClN3/c1-2-11-12-10(15)7-17-14(12)19-13(18-11)8-3-5-9(16)6-4-8/h3-7H,2H2,1H3,(H,17,18,19). The highest BCUT2D eigenvalue weighted by molar-refractivity contribution is 9.10. The number of aromatic amines is 1. The van der Waals surface area contributed by atoms with Crippen LogP contribution in [0.3, 0.4) is 0 Å². The lowest BCUT2D eigenvalue weighted by Crippen LogP contribution is -1.96. The van der Waals surface area contributed by atoms with Crippen molar-refractivity contribution in [2.75, 3.05) is 0 Å². The van der Waals surface area contributed by atoms with Gasteiger partial charge in [-0.25, -0.2) is 9.97 Å². The summed E-state index contributed by atoms with van der Waals surface area (Å²) in [6.07, 6.45) is 2.75. The Morgan fingerprint density at radius 2 is 1.95 bits per heavy atom. The molecule has 2 heterocycles. The number of hydrogen-bond donors (Lipinski definition) is 1. The number of nitrogens with one attached hydrogen (secondary N) is 1. The van der Waals surface area contributed by atoms with E-state index >= 15 is 0 Å². The SMILES string of the molecule is CCc1nc(-c2ccc(Cl)cc2)nc2[nH]cc(Br)c12. The first-order chi connectivity index (χ1) is 9.19. The third kappa shape index (κ3) is 2.26. The van der Waals surface area contributed by atoms with Crippen molar-refractivity contribution in [3.05, 3.63) is 45.7 Å². The van der Waals surface area contributed by atoms with E-state index in [4.69, 9.17) is 11.6 Å². The molecule has 96 valence electrons. The van der Waals surface area contributed by atoms with Gasteiger partial charge in [0, 0.05) is 21.3 Å². The van der Waals surface area contributed by atoms with E-state index < -0.39 is 0 Å². The number of hydrogen-bond acceptors (Lipinski definition) is 2. The quantitative estimate of drug-likeness (QED) is 0.743. The van der Waals surface area contributed by atoms with Gasteiger partial charge in [0.05, 0.1) is 11.1 Å². The van der Waals surface area contributed by atoms with Crippen LogP contribution in [0.5, 0.6) is 0 Å². The summed E-state index contributed by atoms with van der Waals surface area (Å²) in [5.41, 5.74) is 2.85. The van der Waals surface area contributed by atoms with Crippen LogP contribution in [0.1, 0.15) is 12.6 Å². The van der Waals surface area contributed by atoms with Crippen LogP contribution in [0.15, 0.2) is 34.9 Å². The summed E-state index contributed by atoms with van der Waals surface area (Å²) in [6, 6.07) is 7.56. The Bertz CT molecular complexity index is 734. The molecule has 0 amide bonds. The lowest BCUT2D eigenvalue weighted by Gasteiger charge is -2.05. The number of H-pyrrole nitrogens is 1. The molecule has 0 aliphatic carbocycles. The Labute approximate surface area is 124 Å². The van der Waals surface area contributed by atoms with Crippen molar-refractivity contribution in [1.82, 2.24) is 15.0 Å². The zero-order valence-electron chi connectivity index (χ0n) is 10.2. The lowest BCUT2D eigenvalue weighted by molar-refractivity contribution is 1.03. The van der Waals surface area contributed by atoms with Crippen LogP contribution in [-0.2, 0) is 6.42 Å².